The van der Waals surface area contributed by atoms with Crippen molar-refractivity contribution in [2.45, 2.75) is 13.3 Å². The number of ether oxygens (including phenoxy) is 1. The van der Waals surface area contributed by atoms with Crippen molar-refractivity contribution in [2.75, 3.05) is 6.61 Å². The molecule has 0 radical (unpaired) electrons. The van der Waals surface area contributed by atoms with E-state index < -0.39 is 0 Å². The summed E-state index contributed by atoms with van der Waals surface area (Å²) in [7, 11) is 0. The van der Waals surface area contributed by atoms with Crippen LogP contribution in [0.1, 0.15) is 18.9 Å². The number of carbonyl (C=O) groups excluding carboxylic acids is 1. The lowest BCUT2D eigenvalue weighted by Gasteiger charge is -2.02. The fourth-order valence-corrected chi connectivity index (χ4v) is 1.80. The lowest BCUT2D eigenvalue weighted by Crippen LogP contribution is -2.00. The van der Waals surface area contributed by atoms with E-state index in [-0.39, 0.29) is 5.97 Å². The second kappa shape index (κ2) is 6.01. The van der Waals surface area contributed by atoms with Crippen molar-refractivity contribution in [1.29, 1.82) is 0 Å². The molecule has 2 nitrogen and oxygen atoms in total. The van der Waals surface area contributed by atoms with Gasteiger partial charge in [-0.1, -0.05) is 49.4 Å². The highest BCUT2D eigenvalue weighted by atomic mass is 16.5. The van der Waals surface area contributed by atoms with Gasteiger partial charge in [-0.05, 0) is 28.8 Å². The van der Waals surface area contributed by atoms with Crippen LogP contribution in [-0.4, -0.2) is 12.6 Å². The number of rotatable bonds is 4. The Balaban J connectivity index is 2.21. The van der Waals surface area contributed by atoms with Gasteiger partial charge in [0.1, 0.15) is 0 Å². The smallest absolute Gasteiger partial charge is 0.330 e. The van der Waals surface area contributed by atoms with E-state index in [2.05, 4.69) is 12.1 Å². The Labute approximate surface area is 107 Å². The zero-order chi connectivity index (χ0) is 12.8. The highest BCUT2D eigenvalue weighted by Gasteiger charge is 1.98. The fraction of sp³-hybridized carbons (Fsp3) is 0.188. The molecule has 0 aliphatic carbocycles. The van der Waals surface area contributed by atoms with E-state index in [0.717, 1.165) is 17.4 Å². The minimum absolute atomic E-state index is 0.287. The second-order valence-corrected chi connectivity index (χ2v) is 4.07. The number of hydrogen-bond donors (Lipinski definition) is 0. The zero-order valence-electron chi connectivity index (χ0n) is 10.4. The molecular weight excluding hydrogens is 224 g/mol. The molecule has 0 saturated heterocycles. The Morgan fingerprint density at radius 2 is 1.94 bits per heavy atom. The molecule has 0 fully saturated rings. The number of fused-ring (bicyclic) bond motifs is 1. The topological polar surface area (TPSA) is 26.3 Å². The van der Waals surface area contributed by atoms with Gasteiger partial charge in [-0.3, -0.25) is 0 Å². The molecule has 0 aromatic heterocycles. The van der Waals surface area contributed by atoms with Crippen LogP contribution in [0.5, 0.6) is 0 Å². The number of esters is 1. The van der Waals surface area contributed by atoms with E-state index in [9.17, 15) is 4.79 Å². The van der Waals surface area contributed by atoms with Gasteiger partial charge in [-0.15, -0.1) is 0 Å². The molecule has 0 bridgehead atoms. The van der Waals surface area contributed by atoms with Crippen molar-refractivity contribution in [2.24, 2.45) is 0 Å². The first-order valence-electron chi connectivity index (χ1n) is 6.14. The van der Waals surface area contributed by atoms with Gasteiger partial charge >= 0.3 is 5.97 Å². The van der Waals surface area contributed by atoms with Crippen LogP contribution in [0.2, 0.25) is 0 Å². The van der Waals surface area contributed by atoms with Crippen LogP contribution >= 0.6 is 0 Å². The summed E-state index contributed by atoms with van der Waals surface area (Å²) in [5, 5.41) is 2.31. The van der Waals surface area contributed by atoms with Crippen LogP contribution < -0.4 is 0 Å². The molecule has 2 heteroatoms. The lowest BCUT2D eigenvalue weighted by atomic mass is 10.0. The van der Waals surface area contributed by atoms with Crippen molar-refractivity contribution < 1.29 is 9.53 Å². The molecule has 0 aliphatic rings. The summed E-state index contributed by atoms with van der Waals surface area (Å²) in [6.45, 7) is 2.44. The first-order chi connectivity index (χ1) is 8.81. The normalized spacial score (nSPS) is 10.9. The number of benzene rings is 2. The summed E-state index contributed by atoms with van der Waals surface area (Å²) in [6, 6.07) is 14.1. The van der Waals surface area contributed by atoms with Crippen LogP contribution in [0.3, 0.4) is 0 Å². The maximum Gasteiger partial charge on any atom is 0.330 e. The molecule has 0 saturated carbocycles. The first-order valence-corrected chi connectivity index (χ1v) is 6.14. The van der Waals surface area contributed by atoms with Crippen LogP contribution in [0.25, 0.3) is 16.8 Å². The summed E-state index contributed by atoms with van der Waals surface area (Å²) >= 11 is 0. The van der Waals surface area contributed by atoms with E-state index in [0.29, 0.717) is 6.61 Å². The van der Waals surface area contributed by atoms with Crippen molar-refractivity contribution in [1.82, 2.24) is 0 Å². The van der Waals surface area contributed by atoms with Crippen LogP contribution in [-0.2, 0) is 9.53 Å². The average molecular weight is 240 g/mol. The van der Waals surface area contributed by atoms with E-state index in [1.807, 2.05) is 37.3 Å². The second-order valence-electron chi connectivity index (χ2n) is 4.07. The molecule has 0 heterocycles. The average Bonchev–Trinajstić information content (AvgIpc) is 2.42. The summed E-state index contributed by atoms with van der Waals surface area (Å²) in [5.41, 5.74) is 1.03. The largest absolute Gasteiger partial charge is 0.463 e. The minimum Gasteiger partial charge on any atom is -0.463 e. The van der Waals surface area contributed by atoms with E-state index >= 15 is 0 Å². The van der Waals surface area contributed by atoms with E-state index in [4.69, 9.17) is 4.74 Å². The van der Waals surface area contributed by atoms with Gasteiger partial charge in [0, 0.05) is 6.08 Å². The van der Waals surface area contributed by atoms with Gasteiger partial charge in [-0.2, -0.15) is 0 Å². The Morgan fingerprint density at radius 3 is 2.78 bits per heavy atom. The summed E-state index contributed by atoms with van der Waals surface area (Å²) in [6.07, 6.45) is 4.13. The Kier molecular flexibility index (Phi) is 4.13. The van der Waals surface area contributed by atoms with E-state index in [1.165, 1.54) is 11.5 Å². The van der Waals surface area contributed by atoms with Gasteiger partial charge in [0.2, 0.25) is 0 Å². The van der Waals surface area contributed by atoms with Gasteiger partial charge < -0.3 is 4.74 Å². The van der Waals surface area contributed by atoms with Gasteiger partial charge in [0.05, 0.1) is 6.61 Å². The van der Waals surface area contributed by atoms with Crippen molar-refractivity contribution in [3.05, 3.63) is 54.1 Å². The molecule has 0 aliphatic heterocycles. The van der Waals surface area contributed by atoms with E-state index in [1.54, 1.807) is 6.08 Å². The van der Waals surface area contributed by atoms with Crippen LogP contribution in [0.15, 0.2) is 48.5 Å². The summed E-state index contributed by atoms with van der Waals surface area (Å²) in [4.78, 5) is 11.4. The first kappa shape index (κ1) is 12.4. The SMILES string of the molecule is CCCOC(=O)/C=C/c1cccc2ccccc12. The predicted molar refractivity (Wildman–Crippen MR) is 74.2 cm³/mol. The van der Waals surface area contributed by atoms with Gasteiger partial charge in [0.15, 0.2) is 0 Å². The highest BCUT2D eigenvalue weighted by Crippen LogP contribution is 2.19. The van der Waals surface area contributed by atoms with Crippen molar-refractivity contribution in [3.8, 4) is 0 Å². The molecule has 2 rings (SSSR count). The fourth-order valence-electron chi connectivity index (χ4n) is 1.80. The molecule has 92 valence electrons. The molecule has 2 aromatic carbocycles. The lowest BCUT2D eigenvalue weighted by molar-refractivity contribution is -0.137. The maximum absolute atomic E-state index is 11.4. The third kappa shape index (κ3) is 2.98. The Hall–Kier alpha value is -2.09. The molecule has 0 spiro atoms. The predicted octanol–water partition coefficient (Wildman–Crippen LogP) is 3.81. The van der Waals surface area contributed by atoms with Gasteiger partial charge in [-0.25, -0.2) is 4.79 Å². The van der Waals surface area contributed by atoms with Crippen molar-refractivity contribution >= 4 is 22.8 Å². The molecule has 18 heavy (non-hydrogen) atoms. The van der Waals surface area contributed by atoms with Crippen molar-refractivity contribution in [3.63, 3.8) is 0 Å². The number of hydrogen-bond acceptors (Lipinski definition) is 2. The highest BCUT2D eigenvalue weighted by molar-refractivity contribution is 5.94. The Bertz CT molecular complexity index is 565. The molecule has 0 unspecified atom stereocenters. The van der Waals surface area contributed by atoms with Crippen LogP contribution in [0, 0.1) is 0 Å². The zero-order valence-corrected chi connectivity index (χ0v) is 10.4. The molecule has 2 aromatic rings. The Morgan fingerprint density at radius 1 is 1.17 bits per heavy atom. The number of carbonyl (C=O) groups is 1. The van der Waals surface area contributed by atoms with Crippen LogP contribution in [0.4, 0.5) is 0 Å². The minimum atomic E-state index is -0.287. The third-order valence-electron chi connectivity index (χ3n) is 2.67. The molecule has 0 N–H and O–H groups in total. The molecule has 0 amide bonds. The molecular formula is C16H16O2. The summed E-state index contributed by atoms with van der Waals surface area (Å²) < 4.78 is 5.00. The summed E-state index contributed by atoms with van der Waals surface area (Å²) in [5.74, 6) is -0.287. The standard InChI is InChI=1S/C16H16O2/c1-2-12-18-16(17)11-10-14-8-5-7-13-6-3-4-9-15(13)14/h3-11H,2,12H2,1H3/b11-10+. The maximum atomic E-state index is 11.4. The quantitative estimate of drug-likeness (QED) is 0.600. The third-order valence-corrected chi connectivity index (χ3v) is 2.67. The van der Waals surface area contributed by atoms with Gasteiger partial charge in [0.25, 0.3) is 0 Å². The molecule has 0 atom stereocenters. The monoisotopic (exact) mass is 240 g/mol.